The Morgan fingerprint density at radius 2 is 1.52 bits per heavy atom. The second-order valence-electron chi connectivity index (χ2n) is 7.06. The number of hydrogen-bond donors (Lipinski definition) is 0. The molecule has 4 nitrogen and oxygen atoms in total. The van der Waals surface area contributed by atoms with E-state index in [0.29, 0.717) is 6.61 Å². The van der Waals surface area contributed by atoms with Gasteiger partial charge in [0, 0.05) is 19.6 Å². The Kier molecular flexibility index (Phi) is 9.67. The lowest BCUT2D eigenvalue weighted by Gasteiger charge is -2.45. The van der Waals surface area contributed by atoms with Crippen molar-refractivity contribution in [3.8, 4) is 0 Å². The summed E-state index contributed by atoms with van der Waals surface area (Å²) in [4.78, 5) is 0. The largest absolute Gasteiger partial charge is 0.371 e. The minimum Gasteiger partial charge on any atom is -0.371 e. The number of rotatable bonds is 15. The molecule has 0 aromatic rings. The molecule has 4 heteroatoms. The zero-order chi connectivity index (χ0) is 17.2. The predicted molar refractivity (Wildman–Crippen MR) is 93.4 cm³/mol. The molecule has 2 unspecified atom stereocenters. The van der Waals surface area contributed by atoms with Crippen molar-refractivity contribution >= 4 is 0 Å². The third-order valence-corrected chi connectivity index (χ3v) is 5.02. The SMILES string of the molecule is CCCCCCCCC(C)(CCC)C(OC)(OC)OCC1CO1. The summed E-state index contributed by atoms with van der Waals surface area (Å²) in [7, 11) is 3.37. The molecule has 23 heavy (non-hydrogen) atoms. The smallest absolute Gasteiger partial charge is 0.288 e. The van der Waals surface area contributed by atoms with E-state index in [1.54, 1.807) is 14.2 Å². The Hall–Kier alpha value is -0.160. The highest BCUT2D eigenvalue weighted by Gasteiger charge is 2.50. The molecule has 1 saturated heterocycles. The first-order valence-electron chi connectivity index (χ1n) is 9.43. The van der Waals surface area contributed by atoms with Crippen molar-refractivity contribution in [2.45, 2.75) is 90.6 Å². The highest BCUT2D eigenvalue weighted by molar-refractivity contribution is 4.85. The number of unbranched alkanes of at least 4 members (excludes halogenated alkanes) is 5. The van der Waals surface area contributed by atoms with Crippen LogP contribution in [0.1, 0.15) is 78.6 Å². The van der Waals surface area contributed by atoms with Crippen molar-refractivity contribution in [3.05, 3.63) is 0 Å². The normalized spacial score (nSPS) is 20.5. The summed E-state index contributed by atoms with van der Waals surface area (Å²) in [5.74, 6) is -0.974. The lowest BCUT2D eigenvalue weighted by molar-refractivity contribution is -0.415. The van der Waals surface area contributed by atoms with Gasteiger partial charge < -0.3 is 18.9 Å². The molecule has 1 aliphatic rings. The third kappa shape index (κ3) is 6.33. The first kappa shape index (κ1) is 20.9. The number of epoxide rings is 1. The standard InChI is InChI=1S/C19H38O4/c1-6-8-9-10-11-12-14-18(3,13-7-2)19(20-4,21-5)23-16-17-15-22-17/h17H,6-16H2,1-5H3. The molecule has 2 atom stereocenters. The molecule has 0 radical (unpaired) electrons. The molecule has 0 aromatic heterocycles. The quantitative estimate of drug-likeness (QED) is 0.243. The lowest BCUT2D eigenvalue weighted by Crippen LogP contribution is -2.52. The van der Waals surface area contributed by atoms with E-state index in [0.717, 1.165) is 25.9 Å². The zero-order valence-corrected chi connectivity index (χ0v) is 16.0. The highest BCUT2D eigenvalue weighted by atomic mass is 16.9. The highest BCUT2D eigenvalue weighted by Crippen LogP contribution is 2.44. The maximum Gasteiger partial charge on any atom is 0.288 e. The number of methoxy groups -OCH3 is 2. The second-order valence-corrected chi connectivity index (χ2v) is 7.06. The van der Waals surface area contributed by atoms with Gasteiger partial charge in [0.05, 0.1) is 13.2 Å². The van der Waals surface area contributed by atoms with Gasteiger partial charge in [0.15, 0.2) is 0 Å². The summed E-state index contributed by atoms with van der Waals surface area (Å²) in [6.45, 7) is 8.02. The van der Waals surface area contributed by atoms with Crippen LogP contribution in [0.3, 0.4) is 0 Å². The summed E-state index contributed by atoms with van der Waals surface area (Å²) >= 11 is 0. The fourth-order valence-electron chi connectivity index (χ4n) is 3.51. The summed E-state index contributed by atoms with van der Waals surface area (Å²) in [5.41, 5.74) is -0.148. The van der Waals surface area contributed by atoms with Gasteiger partial charge >= 0.3 is 0 Å². The van der Waals surface area contributed by atoms with Crippen LogP contribution in [0.4, 0.5) is 0 Å². The Bertz CT molecular complexity index is 300. The van der Waals surface area contributed by atoms with Crippen molar-refractivity contribution in [2.75, 3.05) is 27.4 Å². The van der Waals surface area contributed by atoms with Crippen LogP contribution >= 0.6 is 0 Å². The molecule has 138 valence electrons. The molecule has 1 aliphatic heterocycles. The molecule has 0 N–H and O–H groups in total. The van der Waals surface area contributed by atoms with Gasteiger partial charge in [-0.25, -0.2) is 0 Å². The lowest BCUT2D eigenvalue weighted by atomic mass is 9.77. The number of hydrogen-bond acceptors (Lipinski definition) is 4. The molecule has 0 bridgehead atoms. The van der Waals surface area contributed by atoms with Crippen molar-refractivity contribution in [1.29, 1.82) is 0 Å². The molecule has 1 heterocycles. The van der Waals surface area contributed by atoms with Crippen LogP contribution in [0.2, 0.25) is 0 Å². The molecule has 1 rings (SSSR count). The molecular formula is C19H38O4. The molecular weight excluding hydrogens is 292 g/mol. The van der Waals surface area contributed by atoms with Crippen LogP contribution in [0.15, 0.2) is 0 Å². The van der Waals surface area contributed by atoms with Crippen LogP contribution in [-0.2, 0) is 18.9 Å². The van der Waals surface area contributed by atoms with Gasteiger partial charge in [-0.05, 0) is 12.8 Å². The Balaban J connectivity index is 2.59. The van der Waals surface area contributed by atoms with Crippen molar-refractivity contribution in [3.63, 3.8) is 0 Å². The minimum atomic E-state index is -0.974. The average molecular weight is 331 g/mol. The fourth-order valence-corrected chi connectivity index (χ4v) is 3.51. The Morgan fingerprint density at radius 1 is 0.913 bits per heavy atom. The Labute approximate surface area is 143 Å². The van der Waals surface area contributed by atoms with E-state index in [1.807, 2.05) is 0 Å². The number of ether oxygens (including phenoxy) is 4. The maximum absolute atomic E-state index is 6.10. The average Bonchev–Trinajstić information content (AvgIpc) is 3.37. The van der Waals surface area contributed by atoms with Crippen LogP contribution in [0, 0.1) is 5.41 Å². The zero-order valence-electron chi connectivity index (χ0n) is 16.0. The summed E-state index contributed by atoms with van der Waals surface area (Å²) in [6, 6.07) is 0. The van der Waals surface area contributed by atoms with Crippen LogP contribution in [0.25, 0.3) is 0 Å². The van der Waals surface area contributed by atoms with E-state index in [-0.39, 0.29) is 11.5 Å². The van der Waals surface area contributed by atoms with Gasteiger partial charge in [0.25, 0.3) is 5.97 Å². The van der Waals surface area contributed by atoms with Crippen LogP contribution in [-0.4, -0.2) is 39.5 Å². The third-order valence-electron chi connectivity index (χ3n) is 5.02. The predicted octanol–water partition coefficient (Wildman–Crippen LogP) is 4.91. The van der Waals surface area contributed by atoms with E-state index in [1.165, 1.54) is 38.5 Å². The molecule has 0 aromatic carbocycles. The monoisotopic (exact) mass is 330 g/mol. The van der Waals surface area contributed by atoms with Crippen LogP contribution < -0.4 is 0 Å². The van der Waals surface area contributed by atoms with Crippen molar-refractivity contribution in [2.24, 2.45) is 5.41 Å². The van der Waals surface area contributed by atoms with E-state index < -0.39 is 5.97 Å². The van der Waals surface area contributed by atoms with Gasteiger partial charge in [-0.15, -0.1) is 0 Å². The first-order chi connectivity index (χ1) is 11.1. The van der Waals surface area contributed by atoms with Gasteiger partial charge in [-0.2, -0.15) is 0 Å². The van der Waals surface area contributed by atoms with E-state index in [4.69, 9.17) is 18.9 Å². The van der Waals surface area contributed by atoms with Gasteiger partial charge in [0.2, 0.25) is 0 Å². The van der Waals surface area contributed by atoms with Gasteiger partial charge in [0.1, 0.15) is 6.10 Å². The molecule has 0 saturated carbocycles. The topological polar surface area (TPSA) is 40.2 Å². The van der Waals surface area contributed by atoms with Gasteiger partial charge in [-0.3, -0.25) is 0 Å². The van der Waals surface area contributed by atoms with Crippen LogP contribution in [0.5, 0.6) is 0 Å². The fraction of sp³-hybridized carbons (Fsp3) is 1.00. The summed E-state index contributed by atoms with van der Waals surface area (Å²) < 4.78 is 22.9. The molecule has 0 spiro atoms. The van der Waals surface area contributed by atoms with Crippen molar-refractivity contribution < 1.29 is 18.9 Å². The summed E-state index contributed by atoms with van der Waals surface area (Å²) in [6.07, 6.45) is 11.1. The first-order valence-corrected chi connectivity index (χ1v) is 9.43. The second kappa shape index (κ2) is 10.7. The Morgan fingerprint density at radius 3 is 2.04 bits per heavy atom. The van der Waals surface area contributed by atoms with Crippen molar-refractivity contribution in [1.82, 2.24) is 0 Å². The summed E-state index contributed by atoms with van der Waals surface area (Å²) in [5, 5.41) is 0. The van der Waals surface area contributed by atoms with E-state index >= 15 is 0 Å². The van der Waals surface area contributed by atoms with Gasteiger partial charge in [-0.1, -0.05) is 65.7 Å². The minimum absolute atomic E-state index is 0.148. The maximum atomic E-state index is 6.10. The van der Waals surface area contributed by atoms with E-state index in [9.17, 15) is 0 Å². The molecule has 1 fully saturated rings. The molecule has 0 amide bonds. The molecule has 0 aliphatic carbocycles. The van der Waals surface area contributed by atoms with E-state index in [2.05, 4.69) is 20.8 Å².